The Balaban J connectivity index is 3.26. The predicted octanol–water partition coefficient (Wildman–Crippen LogP) is 1.58. The van der Waals surface area contributed by atoms with Crippen molar-refractivity contribution in [3.05, 3.63) is 0 Å². The summed E-state index contributed by atoms with van der Waals surface area (Å²) < 4.78 is 4.89. The molecule has 0 spiro atoms. The van der Waals surface area contributed by atoms with E-state index in [1.807, 2.05) is 6.92 Å². The molecule has 0 fully saturated rings. The maximum atomic E-state index is 10.5. The number of carbonyl (C=O) groups excluding carboxylic acids is 1. The van der Waals surface area contributed by atoms with Gasteiger partial charge in [-0.3, -0.25) is 4.79 Å². The van der Waals surface area contributed by atoms with E-state index < -0.39 is 0 Å². The van der Waals surface area contributed by atoms with Crippen molar-refractivity contribution in [1.29, 1.82) is 5.26 Å². The fraction of sp³-hybridized carbons (Fsp3) is 0.750. The fourth-order valence-corrected chi connectivity index (χ4v) is 1.49. The van der Waals surface area contributed by atoms with Gasteiger partial charge in [-0.05, 0) is 6.92 Å². The second-order valence-corrected chi connectivity index (χ2v) is 3.55. The van der Waals surface area contributed by atoms with Gasteiger partial charge in [0.05, 0.1) is 6.07 Å². The smallest absolute Gasteiger partial charge is 0.302 e. The topological polar surface area (TPSA) is 50.1 Å². The SMILES string of the molecule is CC(=O)OC(C)CSCCC#N. The van der Waals surface area contributed by atoms with Gasteiger partial charge in [0.25, 0.3) is 0 Å². The highest BCUT2D eigenvalue weighted by Gasteiger charge is 2.04. The van der Waals surface area contributed by atoms with E-state index >= 15 is 0 Å². The number of carbonyl (C=O) groups is 1. The van der Waals surface area contributed by atoms with E-state index in [-0.39, 0.29) is 12.1 Å². The predicted molar refractivity (Wildman–Crippen MR) is 48.8 cm³/mol. The molecule has 12 heavy (non-hydrogen) atoms. The van der Waals surface area contributed by atoms with Gasteiger partial charge in [0.15, 0.2) is 0 Å². The fourth-order valence-electron chi connectivity index (χ4n) is 0.684. The minimum Gasteiger partial charge on any atom is -0.462 e. The summed E-state index contributed by atoms with van der Waals surface area (Å²) in [5.74, 6) is 1.33. The van der Waals surface area contributed by atoms with Gasteiger partial charge in [0.1, 0.15) is 6.10 Å². The quantitative estimate of drug-likeness (QED) is 0.484. The lowest BCUT2D eigenvalue weighted by Gasteiger charge is -2.09. The summed E-state index contributed by atoms with van der Waals surface area (Å²) in [4.78, 5) is 10.5. The average molecular weight is 187 g/mol. The van der Waals surface area contributed by atoms with Crippen molar-refractivity contribution in [3.8, 4) is 6.07 Å². The summed E-state index contributed by atoms with van der Waals surface area (Å²) in [7, 11) is 0. The molecule has 0 radical (unpaired) electrons. The van der Waals surface area contributed by atoms with Crippen LogP contribution in [-0.4, -0.2) is 23.6 Å². The number of hydrogen-bond acceptors (Lipinski definition) is 4. The van der Waals surface area contributed by atoms with E-state index in [1.54, 1.807) is 11.8 Å². The van der Waals surface area contributed by atoms with Crippen LogP contribution in [-0.2, 0) is 9.53 Å². The van der Waals surface area contributed by atoms with Crippen LogP contribution in [0.1, 0.15) is 20.3 Å². The zero-order valence-corrected chi connectivity index (χ0v) is 8.19. The van der Waals surface area contributed by atoms with Crippen LogP contribution in [0.2, 0.25) is 0 Å². The van der Waals surface area contributed by atoms with Crippen molar-refractivity contribution in [2.75, 3.05) is 11.5 Å². The molecule has 0 bridgehead atoms. The number of nitriles is 1. The van der Waals surface area contributed by atoms with Crippen LogP contribution in [0, 0.1) is 11.3 Å². The number of thioether (sulfide) groups is 1. The Morgan fingerprint density at radius 3 is 2.92 bits per heavy atom. The van der Waals surface area contributed by atoms with Crippen LogP contribution in [0.15, 0.2) is 0 Å². The van der Waals surface area contributed by atoms with Crippen LogP contribution < -0.4 is 0 Å². The van der Waals surface area contributed by atoms with E-state index in [4.69, 9.17) is 10.00 Å². The van der Waals surface area contributed by atoms with Crippen molar-refractivity contribution >= 4 is 17.7 Å². The molecule has 0 aliphatic rings. The third-order valence-corrected chi connectivity index (χ3v) is 2.28. The molecule has 0 aliphatic carbocycles. The van der Waals surface area contributed by atoms with Gasteiger partial charge in [-0.2, -0.15) is 17.0 Å². The lowest BCUT2D eigenvalue weighted by atomic mass is 10.5. The Morgan fingerprint density at radius 1 is 1.75 bits per heavy atom. The summed E-state index contributed by atoms with van der Waals surface area (Å²) in [6, 6.07) is 2.05. The number of hydrogen-bond donors (Lipinski definition) is 0. The molecule has 1 unspecified atom stereocenters. The number of ether oxygens (including phenoxy) is 1. The van der Waals surface area contributed by atoms with E-state index in [0.717, 1.165) is 11.5 Å². The Hall–Kier alpha value is -0.690. The van der Waals surface area contributed by atoms with Gasteiger partial charge in [-0.15, -0.1) is 0 Å². The maximum absolute atomic E-state index is 10.5. The summed E-state index contributed by atoms with van der Waals surface area (Å²) in [6.45, 7) is 3.25. The van der Waals surface area contributed by atoms with Crippen molar-refractivity contribution < 1.29 is 9.53 Å². The molecule has 0 rings (SSSR count). The van der Waals surface area contributed by atoms with Crippen molar-refractivity contribution in [1.82, 2.24) is 0 Å². The molecule has 4 heteroatoms. The first-order chi connectivity index (χ1) is 5.66. The normalized spacial score (nSPS) is 11.8. The molecule has 3 nitrogen and oxygen atoms in total. The van der Waals surface area contributed by atoms with E-state index in [0.29, 0.717) is 6.42 Å². The van der Waals surface area contributed by atoms with Gasteiger partial charge in [0, 0.05) is 24.9 Å². The van der Waals surface area contributed by atoms with Gasteiger partial charge in [-0.1, -0.05) is 0 Å². The highest BCUT2D eigenvalue weighted by molar-refractivity contribution is 7.99. The summed E-state index contributed by atoms with van der Waals surface area (Å²) in [5, 5.41) is 8.23. The molecule has 0 aliphatic heterocycles. The molecule has 0 aromatic heterocycles. The average Bonchev–Trinajstić information content (AvgIpc) is 1.97. The monoisotopic (exact) mass is 187 g/mol. The van der Waals surface area contributed by atoms with Crippen molar-refractivity contribution in [3.63, 3.8) is 0 Å². The molecular weight excluding hydrogens is 174 g/mol. The number of nitrogens with zero attached hydrogens (tertiary/aromatic N) is 1. The number of rotatable bonds is 5. The van der Waals surface area contributed by atoms with E-state index in [1.165, 1.54) is 6.92 Å². The van der Waals surface area contributed by atoms with Crippen LogP contribution in [0.4, 0.5) is 0 Å². The summed E-state index contributed by atoms with van der Waals surface area (Å²) in [6.07, 6.45) is 0.503. The van der Waals surface area contributed by atoms with Crippen LogP contribution in [0.3, 0.4) is 0 Å². The van der Waals surface area contributed by atoms with E-state index in [2.05, 4.69) is 6.07 Å². The zero-order chi connectivity index (χ0) is 9.40. The van der Waals surface area contributed by atoms with Gasteiger partial charge in [0.2, 0.25) is 0 Å². The van der Waals surface area contributed by atoms with Crippen LogP contribution in [0.25, 0.3) is 0 Å². The molecule has 0 amide bonds. The Labute approximate surface area is 77.1 Å². The first kappa shape index (κ1) is 11.3. The highest BCUT2D eigenvalue weighted by Crippen LogP contribution is 2.06. The third-order valence-electron chi connectivity index (χ3n) is 1.08. The highest BCUT2D eigenvalue weighted by atomic mass is 32.2. The molecule has 0 saturated carbocycles. The molecule has 0 aromatic rings. The largest absolute Gasteiger partial charge is 0.462 e. The van der Waals surface area contributed by atoms with Crippen LogP contribution in [0.5, 0.6) is 0 Å². The minimum atomic E-state index is -0.247. The first-order valence-electron chi connectivity index (χ1n) is 3.78. The lowest BCUT2D eigenvalue weighted by molar-refractivity contribution is -0.144. The molecule has 68 valence electrons. The lowest BCUT2D eigenvalue weighted by Crippen LogP contribution is -2.14. The van der Waals surface area contributed by atoms with E-state index in [9.17, 15) is 4.79 Å². The van der Waals surface area contributed by atoms with Gasteiger partial charge in [-0.25, -0.2) is 0 Å². The minimum absolute atomic E-state index is 0.0498. The number of esters is 1. The maximum Gasteiger partial charge on any atom is 0.302 e. The Kier molecular flexibility index (Phi) is 6.58. The Bertz CT molecular complexity index is 176. The molecule has 0 heterocycles. The molecule has 0 aromatic carbocycles. The second-order valence-electron chi connectivity index (χ2n) is 2.40. The molecule has 1 atom stereocenters. The summed E-state index contributed by atoms with van der Waals surface area (Å²) >= 11 is 1.63. The van der Waals surface area contributed by atoms with Gasteiger partial charge < -0.3 is 4.74 Å². The van der Waals surface area contributed by atoms with Crippen molar-refractivity contribution in [2.45, 2.75) is 26.4 Å². The zero-order valence-electron chi connectivity index (χ0n) is 7.37. The van der Waals surface area contributed by atoms with Crippen molar-refractivity contribution in [2.24, 2.45) is 0 Å². The van der Waals surface area contributed by atoms with Gasteiger partial charge >= 0.3 is 5.97 Å². The third kappa shape index (κ3) is 7.42. The van der Waals surface area contributed by atoms with Crippen LogP contribution >= 0.6 is 11.8 Å². The molecular formula is C8H13NO2S. The standard InChI is InChI=1S/C8H13NO2S/c1-7(11-8(2)10)6-12-5-3-4-9/h7H,3,5-6H2,1-2H3. The second kappa shape index (κ2) is 6.99. The molecule has 0 N–H and O–H groups in total. The summed E-state index contributed by atoms with van der Waals surface area (Å²) in [5.41, 5.74) is 0. The Morgan fingerprint density at radius 2 is 2.42 bits per heavy atom. The first-order valence-corrected chi connectivity index (χ1v) is 4.94. The molecule has 0 saturated heterocycles.